The first-order valence-electron chi connectivity index (χ1n) is 11.2. The van der Waals surface area contributed by atoms with Crippen molar-refractivity contribution in [2.24, 2.45) is 0 Å². The van der Waals surface area contributed by atoms with Crippen molar-refractivity contribution in [1.29, 1.82) is 0 Å². The maximum atomic E-state index is 12.5. The van der Waals surface area contributed by atoms with Gasteiger partial charge in [0, 0.05) is 29.7 Å². The van der Waals surface area contributed by atoms with E-state index < -0.39 is 0 Å². The lowest BCUT2D eigenvalue weighted by atomic mass is 10.1. The maximum absolute atomic E-state index is 12.5. The Morgan fingerprint density at radius 1 is 0.968 bits per heavy atom. The van der Waals surface area contributed by atoms with E-state index in [0.29, 0.717) is 6.54 Å². The van der Waals surface area contributed by atoms with Crippen molar-refractivity contribution in [3.63, 3.8) is 0 Å². The largest absolute Gasteiger partial charge is 0.497 e. The van der Waals surface area contributed by atoms with Crippen LogP contribution in [0.25, 0.3) is 10.8 Å². The predicted molar refractivity (Wildman–Crippen MR) is 125 cm³/mol. The molecule has 31 heavy (non-hydrogen) atoms. The van der Waals surface area contributed by atoms with E-state index in [1.54, 1.807) is 12.0 Å². The highest BCUT2D eigenvalue weighted by Gasteiger charge is 2.16. The van der Waals surface area contributed by atoms with Crippen LogP contribution >= 0.6 is 0 Å². The van der Waals surface area contributed by atoms with Gasteiger partial charge in [-0.3, -0.25) is 4.79 Å². The van der Waals surface area contributed by atoms with Crippen molar-refractivity contribution in [3.8, 4) is 5.75 Å². The molecule has 4 rings (SSSR count). The van der Waals surface area contributed by atoms with E-state index in [1.165, 1.54) is 42.4 Å². The van der Waals surface area contributed by atoms with Gasteiger partial charge in [0.25, 0.3) is 5.91 Å². The number of rotatable bonds is 8. The highest BCUT2D eigenvalue weighted by Crippen LogP contribution is 2.21. The average molecular weight is 420 g/mol. The fourth-order valence-electron chi connectivity index (χ4n) is 4.45. The summed E-state index contributed by atoms with van der Waals surface area (Å²) in [6.45, 7) is 4.87. The first-order chi connectivity index (χ1) is 15.1. The van der Waals surface area contributed by atoms with Crippen LogP contribution in [0.3, 0.4) is 0 Å². The highest BCUT2D eigenvalue weighted by molar-refractivity contribution is 5.91. The summed E-state index contributed by atoms with van der Waals surface area (Å²) in [4.78, 5) is 15.3. The molecule has 0 aliphatic carbocycles. The Labute approximate surface area is 184 Å². The number of hydrogen-bond acceptors (Lipinski definition) is 2. The number of fused-ring (bicyclic) bond motifs is 1. The zero-order valence-electron chi connectivity index (χ0n) is 18.5. The van der Waals surface area contributed by atoms with Gasteiger partial charge in [-0.15, -0.1) is 0 Å². The van der Waals surface area contributed by atoms with Crippen LogP contribution < -0.4 is 19.9 Å². The Morgan fingerprint density at radius 3 is 2.39 bits per heavy atom. The first-order valence-corrected chi connectivity index (χ1v) is 11.2. The standard InChI is InChI=1S/C26H31N3O2/c1-28(17-21-5-8-23-16-25(31-2)12-9-22(23)15-21)19-26(30)27-24-10-6-20(7-11-24)18-29-13-3-4-14-29/h5-12,15-16H,3-4,13-14,17-19H2,1-2H3,(H,27,30)/p+2. The van der Waals surface area contributed by atoms with Crippen LogP contribution in [0.5, 0.6) is 5.75 Å². The second-order valence-corrected chi connectivity index (χ2v) is 8.74. The second-order valence-electron chi connectivity index (χ2n) is 8.74. The molecule has 1 heterocycles. The van der Waals surface area contributed by atoms with Crippen molar-refractivity contribution in [1.82, 2.24) is 0 Å². The molecule has 0 bridgehead atoms. The summed E-state index contributed by atoms with van der Waals surface area (Å²) in [6, 6.07) is 20.9. The Kier molecular flexibility index (Phi) is 6.85. The Morgan fingerprint density at radius 2 is 1.65 bits per heavy atom. The van der Waals surface area contributed by atoms with Crippen molar-refractivity contribution < 1.29 is 19.3 Å². The van der Waals surface area contributed by atoms with Gasteiger partial charge in [0.15, 0.2) is 6.54 Å². The van der Waals surface area contributed by atoms with E-state index in [0.717, 1.165) is 34.8 Å². The van der Waals surface area contributed by atoms with E-state index in [4.69, 9.17) is 4.74 Å². The SMILES string of the molecule is COc1ccc2cc(C[NH+](C)CC(=O)Nc3ccc(C[NH+]4CCCC4)cc3)ccc2c1. The van der Waals surface area contributed by atoms with Gasteiger partial charge in [0.1, 0.15) is 18.8 Å². The van der Waals surface area contributed by atoms with Crippen molar-refractivity contribution >= 4 is 22.4 Å². The smallest absolute Gasteiger partial charge is 0.279 e. The van der Waals surface area contributed by atoms with Gasteiger partial charge in [-0.25, -0.2) is 0 Å². The first kappa shape index (κ1) is 21.3. The minimum atomic E-state index is 0.0425. The van der Waals surface area contributed by atoms with Crippen LogP contribution in [-0.4, -0.2) is 39.7 Å². The van der Waals surface area contributed by atoms with Crippen LogP contribution in [0.2, 0.25) is 0 Å². The predicted octanol–water partition coefficient (Wildman–Crippen LogP) is 1.68. The Balaban J connectivity index is 1.28. The number of quaternary nitrogens is 2. The van der Waals surface area contributed by atoms with Gasteiger partial charge in [-0.1, -0.05) is 30.3 Å². The van der Waals surface area contributed by atoms with E-state index >= 15 is 0 Å². The van der Waals surface area contributed by atoms with E-state index in [1.807, 2.05) is 24.3 Å². The lowest BCUT2D eigenvalue weighted by Gasteiger charge is -2.15. The maximum Gasteiger partial charge on any atom is 0.279 e. The summed E-state index contributed by atoms with van der Waals surface area (Å²) >= 11 is 0. The van der Waals surface area contributed by atoms with Gasteiger partial charge >= 0.3 is 0 Å². The number of methoxy groups -OCH3 is 1. The van der Waals surface area contributed by atoms with E-state index in [2.05, 4.69) is 48.8 Å². The number of hydrogen-bond donors (Lipinski definition) is 3. The number of anilines is 1. The van der Waals surface area contributed by atoms with Gasteiger partial charge in [-0.05, 0) is 41.1 Å². The third kappa shape index (κ3) is 5.84. The number of likely N-dealkylation sites (tertiary alicyclic amines) is 1. The molecule has 1 unspecified atom stereocenters. The number of carbonyl (C=O) groups excluding carboxylic acids is 1. The van der Waals surface area contributed by atoms with Gasteiger partial charge in [-0.2, -0.15) is 0 Å². The van der Waals surface area contributed by atoms with E-state index in [-0.39, 0.29) is 5.91 Å². The molecular formula is C26H33N3O2+2. The number of amides is 1. The molecule has 0 aromatic heterocycles. The van der Waals surface area contributed by atoms with Crippen molar-refractivity contribution in [2.45, 2.75) is 25.9 Å². The molecule has 1 aliphatic rings. The number of carbonyl (C=O) groups is 1. The lowest BCUT2D eigenvalue weighted by Crippen LogP contribution is -3.08. The zero-order valence-corrected chi connectivity index (χ0v) is 18.5. The lowest BCUT2D eigenvalue weighted by molar-refractivity contribution is -0.901. The molecule has 3 aromatic carbocycles. The molecule has 1 atom stereocenters. The van der Waals surface area contributed by atoms with Crippen LogP contribution in [0.15, 0.2) is 60.7 Å². The molecule has 0 saturated carbocycles. The molecule has 3 aromatic rings. The number of nitrogens with one attached hydrogen (secondary N) is 3. The van der Waals surface area contributed by atoms with E-state index in [9.17, 15) is 4.79 Å². The average Bonchev–Trinajstić information content (AvgIpc) is 3.27. The molecule has 0 radical (unpaired) electrons. The van der Waals surface area contributed by atoms with Crippen molar-refractivity contribution in [2.75, 3.05) is 39.1 Å². The normalized spacial score (nSPS) is 15.2. The van der Waals surface area contributed by atoms with Crippen LogP contribution in [-0.2, 0) is 17.9 Å². The Hall–Kier alpha value is -2.89. The van der Waals surface area contributed by atoms with Gasteiger partial charge in [0.05, 0.1) is 27.2 Å². The third-order valence-corrected chi connectivity index (χ3v) is 6.08. The fraction of sp³-hybridized carbons (Fsp3) is 0.346. The molecule has 1 amide bonds. The minimum Gasteiger partial charge on any atom is -0.497 e. The fourth-order valence-corrected chi connectivity index (χ4v) is 4.45. The monoisotopic (exact) mass is 419 g/mol. The molecule has 162 valence electrons. The quantitative estimate of drug-likeness (QED) is 0.520. The Bertz CT molecular complexity index is 1030. The number of benzene rings is 3. The third-order valence-electron chi connectivity index (χ3n) is 6.08. The molecule has 5 heteroatoms. The summed E-state index contributed by atoms with van der Waals surface area (Å²) in [6.07, 6.45) is 2.68. The summed E-state index contributed by atoms with van der Waals surface area (Å²) in [7, 11) is 3.74. The van der Waals surface area contributed by atoms with Crippen LogP contribution in [0.4, 0.5) is 5.69 Å². The zero-order chi connectivity index (χ0) is 21.6. The van der Waals surface area contributed by atoms with Crippen molar-refractivity contribution in [3.05, 3.63) is 71.8 Å². The number of ether oxygens (including phenoxy) is 1. The van der Waals surface area contributed by atoms with Gasteiger partial charge < -0.3 is 19.9 Å². The molecule has 1 fully saturated rings. The summed E-state index contributed by atoms with van der Waals surface area (Å²) in [5, 5.41) is 5.39. The summed E-state index contributed by atoms with van der Waals surface area (Å²) < 4.78 is 5.30. The van der Waals surface area contributed by atoms with Crippen LogP contribution in [0, 0.1) is 0 Å². The minimum absolute atomic E-state index is 0.0425. The molecule has 1 saturated heterocycles. The molecular weight excluding hydrogens is 386 g/mol. The highest BCUT2D eigenvalue weighted by atomic mass is 16.5. The summed E-state index contributed by atoms with van der Waals surface area (Å²) in [5.41, 5.74) is 3.43. The molecule has 0 spiro atoms. The topological polar surface area (TPSA) is 47.2 Å². The van der Waals surface area contributed by atoms with Crippen LogP contribution in [0.1, 0.15) is 24.0 Å². The molecule has 1 aliphatic heterocycles. The number of likely N-dealkylation sites (N-methyl/N-ethyl adjacent to an activating group) is 1. The second kappa shape index (κ2) is 9.94. The molecule has 5 nitrogen and oxygen atoms in total. The summed E-state index contributed by atoms with van der Waals surface area (Å²) in [5.74, 6) is 0.908. The molecule has 3 N–H and O–H groups in total. The van der Waals surface area contributed by atoms with Gasteiger partial charge in [0.2, 0.25) is 0 Å².